The van der Waals surface area contributed by atoms with Crippen LogP contribution in [0.3, 0.4) is 0 Å². The number of methoxy groups -OCH3 is 1. The van der Waals surface area contributed by atoms with Crippen LogP contribution in [-0.2, 0) is 19.6 Å². The quantitative estimate of drug-likeness (QED) is 0.667. The number of anilines is 1. The molecule has 176 valence electrons. The number of carbonyl (C=O) groups is 2. The van der Waals surface area contributed by atoms with E-state index in [2.05, 4.69) is 0 Å². The molecule has 0 saturated carbocycles. The average molecular weight is 472 g/mol. The molecule has 0 aliphatic carbocycles. The Labute approximate surface area is 194 Å². The van der Waals surface area contributed by atoms with Crippen molar-refractivity contribution in [2.75, 3.05) is 44.7 Å². The fraction of sp³-hybridized carbons (Fsp3) is 0.417. The molecule has 2 aliphatic heterocycles. The molecule has 1 unspecified atom stereocenters. The van der Waals surface area contributed by atoms with Gasteiger partial charge in [0.2, 0.25) is 21.8 Å². The summed E-state index contributed by atoms with van der Waals surface area (Å²) in [4.78, 5) is 29.3. The third kappa shape index (κ3) is 4.60. The van der Waals surface area contributed by atoms with E-state index in [1.807, 2.05) is 25.1 Å². The maximum atomic E-state index is 13.1. The molecule has 0 spiro atoms. The third-order valence-electron chi connectivity index (χ3n) is 6.34. The Morgan fingerprint density at radius 2 is 1.76 bits per heavy atom. The van der Waals surface area contributed by atoms with Gasteiger partial charge in [0.1, 0.15) is 5.75 Å². The Morgan fingerprint density at radius 1 is 1.03 bits per heavy atom. The monoisotopic (exact) mass is 471 g/mol. The van der Waals surface area contributed by atoms with Crippen molar-refractivity contribution in [1.82, 2.24) is 9.21 Å². The van der Waals surface area contributed by atoms with Crippen molar-refractivity contribution in [3.05, 3.63) is 53.6 Å². The summed E-state index contributed by atoms with van der Waals surface area (Å²) < 4.78 is 32.9. The van der Waals surface area contributed by atoms with Crippen LogP contribution in [0.25, 0.3) is 0 Å². The molecule has 2 saturated heterocycles. The Morgan fingerprint density at radius 3 is 2.42 bits per heavy atom. The topological polar surface area (TPSA) is 87.2 Å². The fourth-order valence-electron chi connectivity index (χ4n) is 4.54. The molecular weight excluding hydrogens is 442 g/mol. The van der Waals surface area contributed by atoms with Gasteiger partial charge in [0.15, 0.2) is 0 Å². The summed E-state index contributed by atoms with van der Waals surface area (Å²) in [5.74, 6) is 0.0115. The highest BCUT2D eigenvalue weighted by atomic mass is 32.2. The van der Waals surface area contributed by atoms with Crippen LogP contribution < -0.4 is 9.64 Å². The van der Waals surface area contributed by atoms with Gasteiger partial charge < -0.3 is 14.5 Å². The zero-order valence-electron chi connectivity index (χ0n) is 19.2. The number of nitrogens with zero attached hydrogens (tertiary/aromatic N) is 3. The molecule has 2 aliphatic rings. The van der Waals surface area contributed by atoms with Gasteiger partial charge in [-0.3, -0.25) is 9.59 Å². The van der Waals surface area contributed by atoms with E-state index in [0.29, 0.717) is 36.0 Å². The van der Waals surface area contributed by atoms with E-state index >= 15 is 0 Å². The maximum absolute atomic E-state index is 13.1. The smallest absolute Gasteiger partial charge is 0.243 e. The van der Waals surface area contributed by atoms with E-state index in [4.69, 9.17) is 4.74 Å². The standard InChI is InChI=1S/C24H29N3O5S/c1-17-7-8-22(18(2)13-17)33(30,31)26-11-9-25(10-12-26)24(29)19-14-23(28)27(16-19)20-5-4-6-21(15-20)32-3/h4-8,13,15,19H,9-12,14,16H2,1-3H3. The molecule has 2 aromatic carbocycles. The van der Waals surface area contributed by atoms with Crippen LogP contribution in [0.4, 0.5) is 5.69 Å². The predicted molar refractivity (Wildman–Crippen MR) is 125 cm³/mol. The van der Waals surface area contributed by atoms with Crippen LogP contribution in [0.1, 0.15) is 17.5 Å². The van der Waals surface area contributed by atoms with Crippen molar-refractivity contribution in [2.24, 2.45) is 5.92 Å². The van der Waals surface area contributed by atoms with Crippen LogP contribution in [0.15, 0.2) is 47.4 Å². The zero-order chi connectivity index (χ0) is 23.8. The molecule has 0 radical (unpaired) electrons. The van der Waals surface area contributed by atoms with Crippen LogP contribution in [0, 0.1) is 19.8 Å². The first-order valence-electron chi connectivity index (χ1n) is 11.0. The lowest BCUT2D eigenvalue weighted by molar-refractivity contribution is -0.136. The first kappa shape index (κ1) is 23.3. The number of rotatable bonds is 5. The van der Waals surface area contributed by atoms with Gasteiger partial charge in [0.05, 0.1) is 17.9 Å². The molecule has 2 amide bonds. The van der Waals surface area contributed by atoms with Crippen molar-refractivity contribution in [2.45, 2.75) is 25.2 Å². The van der Waals surface area contributed by atoms with Crippen molar-refractivity contribution in [1.29, 1.82) is 0 Å². The second-order valence-electron chi connectivity index (χ2n) is 8.61. The van der Waals surface area contributed by atoms with Crippen LogP contribution >= 0.6 is 0 Å². The maximum Gasteiger partial charge on any atom is 0.243 e. The highest BCUT2D eigenvalue weighted by Crippen LogP contribution is 2.29. The number of piperazine rings is 1. The summed E-state index contributed by atoms with van der Waals surface area (Å²) in [5.41, 5.74) is 2.44. The van der Waals surface area contributed by atoms with Gasteiger partial charge in [-0.1, -0.05) is 23.8 Å². The van der Waals surface area contributed by atoms with Crippen molar-refractivity contribution >= 4 is 27.5 Å². The number of hydrogen-bond acceptors (Lipinski definition) is 5. The van der Waals surface area contributed by atoms with Gasteiger partial charge in [-0.05, 0) is 37.6 Å². The summed E-state index contributed by atoms with van der Waals surface area (Å²) in [5, 5.41) is 0. The predicted octanol–water partition coefficient (Wildman–Crippen LogP) is 2.20. The molecule has 2 aromatic rings. The minimum atomic E-state index is -3.62. The zero-order valence-corrected chi connectivity index (χ0v) is 20.0. The summed E-state index contributed by atoms with van der Waals surface area (Å²) in [6.45, 7) is 5.14. The number of aryl methyl sites for hydroxylation is 2. The molecule has 0 aromatic heterocycles. The second kappa shape index (κ2) is 9.15. The lowest BCUT2D eigenvalue weighted by Crippen LogP contribution is -2.52. The van der Waals surface area contributed by atoms with Crippen molar-refractivity contribution < 1.29 is 22.7 Å². The number of amides is 2. The Balaban J connectivity index is 1.40. The largest absolute Gasteiger partial charge is 0.497 e. The van der Waals surface area contributed by atoms with Crippen LogP contribution in [0.5, 0.6) is 5.75 Å². The first-order valence-corrected chi connectivity index (χ1v) is 12.5. The number of sulfonamides is 1. The first-order chi connectivity index (χ1) is 15.7. The van der Waals surface area contributed by atoms with Gasteiger partial charge in [-0.15, -0.1) is 0 Å². The minimum Gasteiger partial charge on any atom is -0.497 e. The second-order valence-corrected chi connectivity index (χ2v) is 10.5. The molecule has 2 fully saturated rings. The lowest BCUT2D eigenvalue weighted by Gasteiger charge is -2.35. The highest BCUT2D eigenvalue weighted by molar-refractivity contribution is 7.89. The number of ether oxygens (including phenoxy) is 1. The van der Waals surface area contributed by atoms with E-state index < -0.39 is 15.9 Å². The van der Waals surface area contributed by atoms with Crippen LogP contribution in [-0.4, -0.2) is 69.3 Å². The van der Waals surface area contributed by atoms with E-state index in [1.54, 1.807) is 48.1 Å². The fourth-order valence-corrected chi connectivity index (χ4v) is 6.16. The highest BCUT2D eigenvalue weighted by Gasteiger charge is 2.39. The van der Waals surface area contributed by atoms with Gasteiger partial charge in [0, 0.05) is 50.9 Å². The van der Waals surface area contributed by atoms with Gasteiger partial charge in [0.25, 0.3) is 0 Å². The van der Waals surface area contributed by atoms with Crippen molar-refractivity contribution in [3.63, 3.8) is 0 Å². The number of carbonyl (C=O) groups excluding carboxylic acids is 2. The van der Waals surface area contributed by atoms with E-state index in [1.165, 1.54) is 4.31 Å². The summed E-state index contributed by atoms with van der Waals surface area (Å²) in [7, 11) is -2.05. The van der Waals surface area contributed by atoms with Crippen molar-refractivity contribution in [3.8, 4) is 5.75 Å². The molecule has 2 heterocycles. The van der Waals surface area contributed by atoms with E-state index in [9.17, 15) is 18.0 Å². The summed E-state index contributed by atoms with van der Waals surface area (Å²) in [6.07, 6.45) is 0.150. The molecule has 1 atom stereocenters. The normalized spacial score (nSPS) is 19.7. The van der Waals surface area contributed by atoms with Gasteiger partial charge in [-0.2, -0.15) is 4.31 Å². The molecular formula is C24H29N3O5S. The molecule has 8 nitrogen and oxygen atoms in total. The third-order valence-corrected chi connectivity index (χ3v) is 8.40. The van der Waals surface area contributed by atoms with E-state index in [0.717, 1.165) is 11.1 Å². The molecule has 0 bridgehead atoms. The molecule has 9 heteroatoms. The SMILES string of the molecule is COc1cccc(N2CC(C(=O)N3CCN(S(=O)(=O)c4ccc(C)cc4C)CC3)CC2=O)c1. The Hall–Kier alpha value is -2.91. The molecule has 0 N–H and O–H groups in total. The average Bonchev–Trinajstić information content (AvgIpc) is 3.20. The van der Waals surface area contributed by atoms with E-state index in [-0.39, 0.29) is 31.3 Å². The lowest BCUT2D eigenvalue weighted by atomic mass is 10.1. The summed E-state index contributed by atoms with van der Waals surface area (Å²) >= 11 is 0. The van der Waals surface area contributed by atoms with Gasteiger partial charge >= 0.3 is 0 Å². The Kier molecular flexibility index (Phi) is 6.45. The number of benzene rings is 2. The molecule has 4 rings (SSSR count). The number of hydrogen-bond donors (Lipinski definition) is 0. The molecule has 33 heavy (non-hydrogen) atoms. The minimum absolute atomic E-state index is 0.0994. The summed E-state index contributed by atoms with van der Waals surface area (Å²) in [6, 6.07) is 12.5. The Bertz CT molecular complexity index is 1170. The van der Waals surface area contributed by atoms with Gasteiger partial charge in [-0.25, -0.2) is 8.42 Å². The van der Waals surface area contributed by atoms with Crippen LogP contribution in [0.2, 0.25) is 0 Å².